The molecule has 0 N–H and O–H groups in total. The molecular weight excluding hydrogens is 324 g/mol. The van der Waals surface area contributed by atoms with Crippen molar-refractivity contribution in [3.63, 3.8) is 0 Å². The molecule has 0 saturated heterocycles. The van der Waals surface area contributed by atoms with E-state index in [4.69, 9.17) is 4.18 Å². The van der Waals surface area contributed by atoms with Gasteiger partial charge in [-0.25, -0.2) is 0 Å². The van der Waals surface area contributed by atoms with Crippen LogP contribution < -0.4 is 0 Å². The maximum atomic E-state index is 12.8. The summed E-state index contributed by atoms with van der Waals surface area (Å²) in [4.78, 5) is 12.9. The highest BCUT2D eigenvalue weighted by Crippen LogP contribution is 2.39. The average Bonchev–Trinajstić information content (AvgIpc) is 2.85. The number of hydrogen-bond acceptors (Lipinski definition) is 4. The number of carbonyl (C=O) groups excluding carboxylic acids is 1. The van der Waals surface area contributed by atoms with Crippen molar-refractivity contribution >= 4 is 15.9 Å². The fraction of sp³-hybridized carbons (Fsp3) is 0.316. The summed E-state index contributed by atoms with van der Waals surface area (Å²) in [6.45, 7) is 3.73. The third kappa shape index (κ3) is 3.01. The van der Waals surface area contributed by atoms with Crippen LogP contribution in [0.4, 0.5) is 0 Å². The number of hydrogen-bond donors (Lipinski definition) is 0. The molecule has 1 saturated carbocycles. The number of carbonyl (C=O) groups is 1. The molecule has 2 atom stereocenters. The largest absolute Gasteiger partial charge is 0.297 e. The van der Waals surface area contributed by atoms with E-state index in [9.17, 15) is 13.2 Å². The SMILES string of the molecule is Cc1ccc(S(=O)(=O)O[C@H]2CC[C@@](C)(c3ccccc3)C2=O)cc1. The van der Waals surface area contributed by atoms with E-state index in [1.54, 1.807) is 12.1 Å². The molecule has 0 unspecified atom stereocenters. The van der Waals surface area contributed by atoms with Crippen LogP contribution in [-0.2, 0) is 24.5 Å². The zero-order valence-electron chi connectivity index (χ0n) is 13.7. The highest BCUT2D eigenvalue weighted by molar-refractivity contribution is 7.86. The number of rotatable bonds is 4. The standard InChI is InChI=1S/C19H20O4S/c1-14-8-10-16(11-9-14)24(21,22)23-17-12-13-19(2,18(17)20)15-6-4-3-5-7-15/h3-11,17H,12-13H2,1-2H3/t17-,19-/m0/s1. The minimum absolute atomic E-state index is 0.0780. The van der Waals surface area contributed by atoms with E-state index in [1.807, 2.05) is 44.2 Å². The Balaban J connectivity index is 1.82. The van der Waals surface area contributed by atoms with Crippen LogP contribution >= 0.6 is 0 Å². The van der Waals surface area contributed by atoms with Crippen LogP contribution in [0.15, 0.2) is 59.5 Å². The second-order valence-corrected chi connectivity index (χ2v) is 8.03. The van der Waals surface area contributed by atoms with Gasteiger partial charge in [-0.2, -0.15) is 8.42 Å². The van der Waals surface area contributed by atoms with E-state index in [2.05, 4.69) is 0 Å². The normalized spacial score (nSPS) is 24.2. The van der Waals surface area contributed by atoms with Gasteiger partial charge in [0.25, 0.3) is 10.1 Å². The van der Waals surface area contributed by atoms with Crippen LogP contribution in [0.25, 0.3) is 0 Å². The molecule has 0 aromatic heterocycles. The van der Waals surface area contributed by atoms with Crippen LogP contribution in [0.1, 0.15) is 30.9 Å². The lowest BCUT2D eigenvalue weighted by molar-refractivity contribution is -0.127. The van der Waals surface area contributed by atoms with Gasteiger partial charge in [0.05, 0.1) is 10.3 Å². The minimum Gasteiger partial charge on any atom is -0.296 e. The Morgan fingerprint density at radius 1 is 1.04 bits per heavy atom. The quantitative estimate of drug-likeness (QED) is 0.798. The first kappa shape index (κ1) is 16.9. The molecule has 2 aromatic carbocycles. The first-order chi connectivity index (χ1) is 11.3. The van der Waals surface area contributed by atoms with Crippen molar-refractivity contribution in [2.24, 2.45) is 0 Å². The number of ketones is 1. The molecule has 2 aromatic rings. The highest BCUT2D eigenvalue weighted by Gasteiger charge is 2.47. The van der Waals surface area contributed by atoms with E-state index in [1.165, 1.54) is 12.1 Å². The molecule has 0 spiro atoms. The van der Waals surface area contributed by atoms with Crippen molar-refractivity contribution in [1.29, 1.82) is 0 Å². The first-order valence-corrected chi connectivity index (χ1v) is 9.33. The zero-order valence-corrected chi connectivity index (χ0v) is 14.5. The third-order valence-corrected chi connectivity index (χ3v) is 6.04. The van der Waals surface area contributed by atoms with Gasteiger partial charge in [-0.15, -0.1) is 0 Å². The average molecular weight is 344 g/mol. The van der Waals surface area contributed by atoms with Crippen molar-refractivity contribution in [2.75, 3.05) is 0 Å². The smallest absolute Gasteiger partial charge is 0.296 e. The van der Waals surface area contributed by atoms with Gasteiger partial charge >= 0.3 is 0 Å². The topological polar surface area (TPSA) is 60.4 Å². The van der Waals surface area contributed by atoms with E-state index in [0.717, 1.165) is 11.1 Å². The molecule has 126 valence electrons. The number of Topliss-reactive ketones (excluding diaryl/α,β-unsaturated/α-hetero) is 1. The van der Waals surface area contributed by atoms with E-state index in [0.29, 0.717) is 12.8 Å². The maximum Gasteiger partial charge on any atom is 0.297 e. The lowest BCUT2D eigenvalue weighted by Gasteiger charge is -2.23. The Bertz CT molecular complexity index is 841. The second-order valence-electron chi connectivity index (χ2n) is 6.45. The zero-order chi connectivity index (χ0) is 17.4. The Hall–Kier alpha value is -1.98. The molecule has 0 amide bonds. The Morgan fingerprint density at radius 2 is 1.67 bits per heavy atom. The van der Waals surface area contributed by atoms with Crippen LogP contribution in [0.5, 0.6) is 0 Å². The van der Waals surface area contributed by atoms with E-state index >= 15 is 0 Å². The van der Waals surface area contributed by atoms with Crippen molar-refractivity contribution in [3.8, 4) is 0 Å². The van der Waals surface area contributed by atoms with Gasteiger partial charge in [0.1, 0.15) is 6.10 Å². The molecule has 0 radical (unpaired) electrons. The van der Waals surface area contributed by atoms with Crippen molar-refractivity contribution < 1.29 is 17.4 Å². The molecule has 4 nitrogen and oxygen atoms in total. The molecule has 1 fully saturated rings. The molecule has 5 heteroatoms. The van der Waals surface area contributed by atoms with Gasteiger partial charge in [-0.05, 0) is 44.4 Å². The lowest BCUT2D eigenvalue weighted by Crippen LogP contribution is -2.34. The molecule has 24 heavy (non-hydrogen) atoms. The van der Waals surface area contributed by atoms with Gasteiger partial charge in [-0.3, -0.25) is 8.98 Å². The number of aryl methyl sites for hydroxylation is 1. The summed E-state index contributed by atoms with van der Waals surface area (Å²) in [6, 6.07) is 15.9. The summed E-state index contributed by atoms with van der Waals surface area (Å²) in [5, 5.41) is 0. The summed E-state index contributed by atoms with van der Waals surface area (Å²) in [6.07, 6.45) is 0.0423. The molecule has 3 rings (SSSR count). The predicted octanol–water partition coefficient (Wildman–Crippen LogP) is 3.39. The van der Waals surface area contributed by atoms with E-state index in [-0.39, 0.29) is 10.7 Å². The summed E-state index contributed by atoms with van der Waals surface area (Å²) in [7, 11) is -3.95. The summed E-state index contributed by atoms with van der Waals surface area (Å²) in [5.41, 5.74) is 1.16. The van der Waals surface area contributed by atoms with Gasteiger partial charge in [0, 0.05) is 0 Å². The van der Waals surface area contributed by atoms with Gasteiger partial charge in [0.15, 0.2) is 5.78 Å². The monoisotopic (exact) mass is 344 g/mol. The Kier molecular flexibility index (Phi) is 4.32. The fourth-order valence-corrected chi connectivity index (χ4v) is 4.20. The Labute approximate surface area is 142 Å². The Morgan fingerprint density at radius 3 is 2.29 bits per heavy atom. The van der Waals surface area contributed by atoms with Crippen molar-refractivity contribution in [2.45, 2.75) is 43.1 Å². The van der Waals surface area contributed by atoms with Crippen molar-refractivity contribution in [1.82, 2.24) is 0 Å². The molecule has 0 heterocycles. The highest BCUT2D eigenvalue weighted by atomic mass is 32.2. The van der Waals surface area contributed by atoms with Crippen LogP contribution in [-0.4, -0.2) is 20.3 Å². The van der Waals surface area contributed by atoms with Crippen LogP contribution in [0.2, 0.25) is 0 Å². The summed E-state index contributed by atoms with van der Waals surface area (Å²) < 4.78 is 30.1. The van der Waals surface area contributed by atoms with Crippen molar-refractivity contribution in [3.05, 3.63) is 65.7 Å². The summed E-state index contributed by atoms with van der Waals surface area (Å²) >= 11 is 0. The predicted molar refractivity (Wildman–Crippen MR) is 91.3 cm³/mol. The lowest BCUT2D eigenvalue weighted by atomic mass is 9.80. The van der Waals surface area contributed by atoms with Gasteiger partial charge < -0.3 is 0 Å². The third-order valence-electron chi connectivity index (χ3n) is 4.71. The van der Waals surface area contributed by atoms with Crippen LogP contribution in [0.3, 0.4) is 0 Å². The second kappa shape index (κ2) is 6.15. The molecule has 0 aliphatic heterocycles. The fourth-order valence-electron chi connectivity index (χ4n) is 3.13. The van der Waals surface area contributed by atoms with Gasteiger partial charge in [0.2, 0.25) is 0 Å². The number of benzene rings is 2. The van der Waals surface area contributed by atoms with Crippen LogP contribution in [0, 0.1) is 6.92 Å². The first-order valence-electron chi connectivity index (χ1n) is 7.93. The molecule has 1 aliphatic rings. The van der Waals surface area contributed by atoms with Gasteiger partial charge in [-0.1, -0.05) is 48.0 Å². The molecule has 1 aliphatic carbocycles. The molecule has 0 bridgehead atoms. The molecular formula is C19H20O4S. The van der Waals surface area contributed by atoms with E-state index < -0.39 is 21.6 Å². The maximum absolute atomic E-state index is 12.8. The summed E-state index contributed by atoms with van der Waals surface area (Å²) in [5.74, 6) is -0.176. The minimum atomic E-state index is -3.95.